The molecule has 4 N–H and O–H groups in total. The van der Waals surface area contributed by atoms with E-state index in [1.165, 1.54) is 16.4 Å². The minimum absolute atomic E-state index is 0. The standard InChI is InChI=1S/C17H24N4O2.ClH/c1-11(2)12-5-7-13(8-6-12)21-9-14(22)15(20-21)16(23)19-10-17(3,4)18;/h5-9,11,22H,10,18H2,1-4H3,(H,19,23);1H. The number of halogens is 1. The van der Waals surface area contributed by atoms with Crippen molar-refractivity contribution in [2.24, 2.45) is 5.73 Å². The van der Waals surface area contributed by atoms with Crippen molar-refractivity contribution in [1.29, 1.82) is 0 Å². The van der Waals surface area contributed by atoms with Gasteiger partial charge in [0.15, 0.2) is 11.4 Å². The minimum Gasteiger partial charge on any atom is -0.504 e. The number of carbonyl (C=O) groups excluding carboxylic acids is 1. The van der Waals surface area contributed by atoms with Crippen LogP contribution in [0.4, 0.5) is 0 Å². The van der Waals surface area contributed by atoms with E-state index in [1.54, 1.807) is 0 Å². The zero-order valence-electron chi connectivity index (χ0n) is 14.4. The highest BCUT2D eigenvalue weighted by Gasteiger charge is 2.19. The number of carbonyl (C=O) groups is 1. The van der Waals surface area contributed by atoms with Gasteiger partial charge in [-0.1, -0.05) is 26.0 Å². The number of nitrogens with zero attached hydrogens (tertiary/aromatic N) is 2. The summed E-state index contributed by atoms with van der Waals surface area (Å²) < 4.78 is 1.49. The van der Waals surface area contributed by atoms with Gasteiger partial charge in [-0.2, -0.15) is 5.10 Å². The fourth-order valence-electron chi connectivity index (χ4n) is 2.06. The first kappa shape index (κ1) is 20.0. The number of hydrogen-bond acceptors (Lipinski definition) is 4. The van der Waals surface area contributed by atoms with Gasteiger partial charge in [0.25, 0.3) is 5.91 Å². The molecule has 1 aromatic heterocycles. The molecule has 132 valence electrons. The molecule has 0 aliphatic rings. The van der Waals surface area contributed by atoms with Gasteiger partial charge in [-0.3, -0.25) is 4.79 Å². The molecule has 6 nitrogen and oxygen atoms in total. The van der Waals surface area contributed by atoms with Crippen molar-refractivity contribution in [2.75, 3.05) is 6.54 Å². The van der Waals surface area contributed by atoms with Gasteiger partial charge in [0.05, 0.1) is 11.9 Å². The Morgan fingerprint density at radius 2 is 1.92 bits per heavy atom. The van der Waals surface area contributed by atoms with Gasteiger partial charge in [-0.15, -0.1) is 12.4 Å². The first-order chi connectivity index (χ1) is 10.7. The van der Waals surface area contributed by atoms with Gasteiger partial charge in [0.1, 0.15) is 0 Å². The summed E-state index contributed by atoms with van der Waals surface area (Å²) in [5, 5.41) is 16.8. The number of aromatic hydroxyl groups is 1. The van der Waals surface area contributed by atoms with Crippen molar-refractivity contribution >= 4 is 18.3 Å². The molecule has 0 atom stereocenters. The van der Waals surface area contributed by atoms with Crippen LogP contribution < -0.4 is 11.1 Å². The van der Waals surface area contributed by atoms with Crippen molar-refractivity contribution in [2.45, 2.75) is 39.2 Å². The van der Waals surface area contributed by atoms with E-state index in [2.05, 4.69) is 24.3 Å². The Morgan fingerprint density at radius 1 is 1.33 bits per heavy atom. The van der Waals surface area contributed by atoms with E-state index in [-0.39, 0.29) is 23.9 Å². The van der Waals surface area contributed by atoms with Crippen LogP contribution in [0.2, 0.25) is 0 Å². The molecule has 0 radical (unpaired) electrons. The number of hydrogen-bond donors (Lipinski definition) is 3. The predicted molar refractivity (Wildman–Crippen MR) is 97.2 cm³/mol. The van der Waals surface area contributed by atoms with Crippen LogP contribution in [-0.4, -0.2) is 32.9 Å². The molecule has 0 spiro atoms. The molecule has 1 amide bonds. The first-order valence-corrected chi connectivity index (χ1v) is 7.63. The minimum atomic E-state index is -0.527. The molecule has 0 bridgehead atoms. The van der Waals surface area contributed by atoms with E-state index < -0.39 is 11.4 Å². The van der Waals surface area contributed by atoms with Gasteiger partial charge in [-0.05, 0) is 37.5 Å². The van der Waals surface area contributed by atoms with Crippen molar-refractivity contribution < 1.29 is 9.90 Å². The molecule has 0 aliphatic heterocycles. The second kappa shape index (κ2) is 7.68. The van der Waals surface area contributed by atoms with E-state index in [4.69, 9.17) is 5.73 Å². The van der Waals surface area contributed by atoms with E-state index in [9.17, 15) is 9.90 Å². The largest absolute Gasteiger partial charge is 0.504 e. The molecule has 7 heteroatoms. The Kier molecular flexibility index (Phi) is 6.40. The lowest BCUT2D eigenvalue weighted by Gasteiger charge is -2.18. The van der Waals surface area contributed by atoms with Crippen LogP contribution in [0.3, 0.4) is 0 Å². The maximum absolute atomic E-state index is 12.1. The van der Waals surface area contributed by atoms with E-state index in [1.807, 2.05) is 38.1 Å². The third kappa shape index (κ3) is 4.97. The highest BCUT2D eigenvalue weighted by Crippen LogP contribution is 2.20. The number of amides is 1. The van der Waals surface area contributed by atoms with E-state index >= 15 is 0 Å². The summed E-state index contributed by atoms with van der Waals surface area (Å²) in [5.74, 6) is -0.167. The summed E-state index contributed by atoms with van der Waals surface area (Å²) in [6.07, 6.45) is 1.42. The van der Waals surface area contributed by atoms with E-state index in [0.717, 1.165) is 5.69 Å². The highest BCUT2D eigenvalue weighted by molar-refractivity contribution is 5.94. The topological polar surface area (TPSA) is 93.2 Å². The molecule has 24 heavy (non-hydrogen) atoms. The Balaban J connectivity index is 0.00000288. The summed E-state index contributed by atoms with van der Waals surface area (Å²) in [7, 11) is 0. The quantitative estimate of drug-likeness (QED) is 0.771. The smallest absolute Gasteiger partial charge is 0.275 e. The fraction of sp³-hybridized carbons (Fsp3) is 0.412. The number of benzene rings is 1. The molecule has 1 aromatic carbocycles. The lowest BCUT2D eigenvalue weighted by Crippen LogP contribution is -2.45. The molecule has 1 heterocycles. The van der Waals surface area contributed by atoms with Crippen LogP contribution in [0, 0.1) is 0 Å². The number of aromatic nitrogens is 2. The third-order valence-corrected chi connectivity index (χ3v) is 3.44. The third-order valence-electron chi connectivity index (χ3n) is 3.44. The summed E-state index contributed by atoms with van der Waals surface area (Å²) in [6.45, 7) is 8.15. The Labute approximate surface area is 148 Å². The molecule has 0 aliphatic carbocycles. The summed E-state index contributed by atoms with van der Waals surface area (Å²) >= 11 is 0. The molecule has 0 saturated carbocycles. The summed E-state index contributed by atoms with van der Waals surface area (Å²) in [6, 6.07) is 7.84. The molecule has 0 saturated heterocycles. The second-order valence-electron chi connectivity index (χ2n) is 6.73. The Bertz CT molecular complexity index is 688. The van der Waals surface area contributed by atoms with Crippen molar-refractivity contribution in [3.05, 3.63) is 41.7 Å². The van der Waals surface area contributed by atoms with Gasteiger partial charge >= 0.3 is 0 Å². The van der Waals surface area contributed by atoms with Crippen LogP contribution in [0.25, 0.3) is 5.69 Å². The average molecular weight is 353 g/mol. The normalized spacial score (nSPS) is 11.2. The number of nitrogens with two attached hydrogens (primary N) is 1. The number of rotatable bonds is 5. The van der Waals surface area contributed by atoms with Crippen LogP contribution >= 0.6 is 12.4 Å². The monoisotopic (exact) mass is 352 g/mol. The van der Waals surface area contributed by atoms with Crippen LogP contribution in [0.5, 0.6) is 5.75 Å². The predicted octanol–water partition coefficient (Wildman–Crippen LogP) is 2.59. The summed E-state index contributed by atoms with van der Waals surface area (Å²) in [4.78, 5) is 12.1. The Morgan fingerprint density at radius 3 is 2.42 bits per heavy atom. The molecule has 2 rings (SSSR count). The molecular formula is C17H25ClN4O2. The maximum Gasteiger partial charge on any atom is 0.275 e. The molecular weight excluding hydrogens is 328 g/mol. The van der Waals surface area contributed by atoms with Gasteiger partial charge in [0.2, 0.25) is 0 Å². The van der Waals surface area contributed by atoms with E-state index in [0.29, 0.717) is 12.5 Å². The van der Waals surface area contributed by atoms with Crippen LogP contribution in [-0.2, 0) is 0 Å². The van der Waals surface area contributed by atoms with Gasteiger partial charge < -0.3 is 16.2 Å². The lowest BCUT2D eigenvalue weighted by atomic mass is 10.0. The maximum atomic E-state index is 12.1. The second-order valence-corrected chi connectivity index (χ2v) is 6.73. The van der Waals surface area contributed by atoms with Gasteiger partial charge in [0, 0.05) is 12.1 Å². The molecule has 0 fully saturated rings. The van der Waals surface area contributed by atoms with Crippen LogP contribution in [0.1, 0.15) is 49.7 Å². The zero-order chi connectivity index (χ0) is 17.2. The van der Waals surface area contributed by atoms with Gasteiger partial charge in [-0.25, -0.2) is 4.68 Å². The zero-order valence-corrected chi connectivity index (χ0v) is 15.2. The average Bonchev–Trinajstić information content (AvgIpc) is 2.86. The summed E-state index contributed by atoms with van der Waals surface area (Å²) in [5.41, 5.74) is 7.29. The fourth-order valence-corrected chi connectivity index (χ4v) is 2.06. The van der Waals surface area contributed by atoms with Crippen LogP contribution in [0.15, 0.2) is 30.5 Å². The Hall–Kier alpha value is -2.05. The highest BCUT2D eigenvalue weighted by atomic mass is 35.5. The lowest BCUT2D eigenvalue weighted by molar-refractivity contribution is 0.0938. The SMILES string of the molecule is CC(C)c1ccc(-n2cc(O)c(C(=O)NCC(C)(C)N)n2)cc1.Cl. The van der Waals surface area contributed by atoms with Crippen molar-refractivity contribution in [3.63, 3.8) is 0 Å². The molecule has 2 aromatic rings. The van der Waals surface area contributed by atoms with Crippen molar-refractivity contribution in [3.8, 4) is 11.4 Å². The first-order valence-electron chi connectivity index (χ1n) is 7.63. The van der Waals surface area contributed by atoms with Crippen molar-refractivity contribution in [1.82, 2.24) is 15.1 Å². The molecule has 0 unspecified atom stereocenters. The number of nitrogens with one attached hydrogen (secondary N) is 1.